The summed E-state index contributed by atoms with van der Waals surface area (Å²) in [5.41, 5.74) is 8.85. The van der Waals surface area contributed by atoms with Crippen LogP contribution in [0.25, 0.3) is 0 Å². The fraction of sp³-hybridized carbons (Fsp3) is 0.600. The van der Waals surface area contributed by atoms with Gasteiger partial charge >= 0.3 is 0 Å². The lowest BCUT2D eigenvalue weighted by Crippen LogP contribution is -2.38. The Hall–Kier alpha value is -1.02. The molecule has 0 aromatic heterocycles. The van der Waals surface area contributed by atoms with Gasteiger partial charge in [0.05, 0.1) is 0 Å². The lowest BCUT2D eigenvalue weighted by Gasteiger charge is -2.37. The second kappa shape index (κ2) is 5.54. The van der Waals surface area contributed by atoms with Gasteiger partial charge in [-0.1, -0.05) is 25.1 Å². The number of hydrogen-bond acceptors (Lipinski definition) is 2. The van der Waals surface area contributed by atoms with E-state index in [1.165, 1.54) is 30.5 Å². The monoisotopic (exact) mass is 232 g/mol. The predicted octanol–water partition coefficient (Wildman–Crippen LogP) is 2.96. The summed E-state index contributed by atoms with van der Waals surface area (Å²) < 4.78 is 0. The predicted molar refractivity (Wildman–Crippen MR) is 74.5 cm³/mol. The molecule has 1 aromatic carbocycles. The Morgan fingerprint density at radius 1 is 1.35 bits per heavy atom. The summed E-state index contributed by atoms with van der Waals surface area (Å²) in [6.45, 7) is 2.16. The maximum absolute atomic E-state index is 6.08. The van der Waals surface area contributed by atoms with Gasteiger partial charge in [0.15, 0.2) is 0 Å². The van der Waals surface area contributed by atoms with Gasteiger partial charge in [-0.3, -0.25) is 0 Å². The fourth-order valence-electron chi connectivity index (χ4n) is 2.43. The summed E-state index contributed by atoms with van der Waals surface area (Å²) in [5.74, 6) is 0. The second-order valence-electron chi connectivity index (χ2n) is 5.20. The Labute approximate surface area is 105 Å². The van der Waals surface area contributed by atoms with E-state index in [0.717, 1.165) is 18.9 Å². The first-order chi connectivity index (χ1) is 8.22. The molecule has 0 radical (unpaired) electrons. The SMILES string of the molecule is CCC(N)Cc1ccccc1N(C)C1CCC1. The first kappa shape index (κ1) is 12.4. The average Bonchev–Trinajstić information content (AvgIpc) is 2.27. The van der Waals surface area contributed by atoms with Crippen LogP contribution in [0.1, 0.15) is 38.2 Å². The minimum Gasteiger partial charge on any atom is -0.371 e. The molecule has 2 rings (SSSR count). The van der Waals surface area contributed by atoms with Gasteiger partial charge in [-0.25, -0.2) is 0 Å². The van der Waals surface area contributed by atoms with E-state index in [-0.39, 0.29) is 6.04 Å². The number of hydrogen-bond donors (Lipinski definition) is 1. The molecule has 17 heavy (non-hydrogen) atoms. The Morgan fingerprint density at radius 3 is 2.65 bits per heavy atom. The van der Waals surface area contributed by atoms with Crippen molar-refractivity contribution in [1.29, 1.82) is 0 Å². The van der Waals surface area contributed by atoms with Gasteiger partial charge in [0.1, 0.15) is 0 Å². The van der Waals surface area contributed by atoms with Gasteiger partial charge in [0.25, 0.3) is 0 Å². The summed E-state index contributed by atoms with van der Waals surface area (Å²) in [7, 11) is 2.22. The number of nitrogens with zero attached hydrogens (tertiary/aromatic N) is 1. The normalized spacial score (nSPS) is 17.6. The molecule has 2 heteroatoms. The van der Waals surface area contributed by atoms with E-state index in [0.29, 0.717) is 0 Å². The number of benzene rings is 1. The van der Waals surface area contributed by atoms with Crippen LogP contribution in [0.2, 0.25) is 0 Å². The molecular formula is C15H24N2. The van der Waals surface area contributed by atoms with E-state index in [9.17, 15) is 0 Å². The highest BCUT2D eigenvalue weighted by atomic mass is 15.1. The fourth-order valence-corrected chi connectivity index (χ4v) is 2.43. The van der Waals surface area contributed by atoms with Crippen molar-refractivity contribution >= 4 is 5.69 Å². The van der Waals surface area contributed by atoms with Crippen molar-refractivity contribution in [2.45, 2.75) is 51.1 Å². The van der Waals surface area contributed by atoms with Gasteiger partial charge in [-0.15, -0.1) is 0 Å². The van der Waals surface area contributed by atoms with Crippen LogP contribution in [-0.4, -0.2) is 19.1 Å². The molecule has 0 amide bonds. The molecule has 2 N–H and O–H groups in total. The summed E-state index contributed by atoms with van der Waals surface area (Å²) >= 11 is 0. The molecule has 2 nitrogen and oxygen atoms in total. The van der Waals surface area contributed by atoms with Crippen LogP contribution in [0.3, 0.4) is 0 Å². The number of para-hydroxylation sites is 1. The Morgan fingerprint density at radius 2 is 2.06 bits per heavy atom. The lowest BCUT2D eigenvalue weighted by atomic mass is 9.90. The molecular weight excluding hydrogens is 208 g/mol. The molecule has 0 bridgehead atoms. The molecule has 1 aromatic rings. The van der Waals surface area contributed by atoms with Crippen molar-refractivity contribution in [3.63, 3.8) is 0 Å². The topological polar surface area (TPSA) is 29.3 Å². The van der Waals surface area contributed by atoms with Crippen molar-refractivity contribution in [3.05, 3.63) is 29.8 Å². The van der Waals surface area contributed by atoms with Crippen LogP contribution in [0.4, 0.5) is 5.69 Å². The van der Waals surface area contributed by atoms with Crippen molar-refractivity contribution in [3.8, 4) is 0 Å². The van der Waals surface area contributed by atoms with Crippen molar-refractivity contribution in [1.82, 2.24) is 0 Å². The standard InChI is InChI=1S/C15H24N2/c1-3-13(16)11-12-7-4-5-10-15(12)17(2)14-8-6-9-14/h4-5,7,10,13-14H,3,6,8-9,11,16H2,1-2H3. The zero-order valence-electron chi connectivity index (χ0n) is 11.0. The van der Waals surface area contributed by atoms with Crippen LogP contribution >= 0.6 is 0 Å². The van der Waals surface area contributed by atoms with Crippen molar-refractivity contribution in [2.24, 2.45) is 5.73 Å². The van der Waals surface area contributed by atoms with Gasteiger partial charge in [-0.05, 0) is 43.7 Å². The smallest absolute Gasteiger partial charge is 0.0399 e. The lowest BCUT2D eigenvalue weighted by molar-refractivity contribution is 0.400. The molecule has 0 aliphatic heterocycles. The van der Waals surface area contributed by atoms with E-state index in [2.05, 4.69) is 43.1 Å². The molecule has 1 unspecified atom stereocenters. The first-order valence-corrected chi connectivity index (χ1v) is 6.78. The molecule has 0 heterocycles. The minimum atomic E-state index is 0.283. The van der Waals surface area contributed by atoms with E-state index in [4.69, 9.17) is 5.73 Å². The third kappa shape index (κ3) is 2.81. The van der Waals surface area contributed by atoms with E-state index in [1.807, 2.05) is 0 Å². The zero-order chi connectivity index (χ0) is 12.3. The highest BCUT2D eigenvalue weighted by Crippen LogP contribution is 2.30. The summed E-state index contributed by atoms with van der Waals surface area (Å²) in [4.78, 5) is 2.45. The number of anilines is 1. The maximum Gasteiger partial charge on any atom is 0.0399 e. The molecule has 0 spiro atoms. The first-order valence-electron chi connectivity index (χ1n) is 6.78. The molecule has 1 atom stereocenters. The molecule has 94 valence electrons. The molecule has 1 aliphatic rings. The minimum absolute atomic E-state index is 0.283. The van der Waals surface area contributed by atoms with Crippen LogP contribution in [0.5, 0.6) is 0 Å². The summed E-state index contributed by atoms with van der Waals surface area (Å²) in [6.07, 6.45) is 6.09. The third-order valence-electron chi connectivity index (χ3n) is 4.00. The number of rotatable bonds is 5. The van der Waals surface area contributed by atoms with E-state index >= 15 is 0 Å². The highest BCUT2D eigenvalue weighted by Gasteiger charge is 2.23. The quantitative estimate of drug-likeness (QED) is 0.845. The zero-order valence-corrected chi connectivity index (χ0v) is 11.0. The van der Waals surface area contributed by atoms with E-state index < -0.39 is 0 Å². The van der Waals surface area contributed by atoms with Crippen LogP contribution in [-0.2, 0) is 6.42 Å². The van der Waals surface area contributed by atoms with Gasteiger partial charge in [0.2, 0.25) is 0 Å². The Kier molecular flexibility index (Phi) is 4.06. The summed E-state index contributed by atoms with van der Waals surface area (Å²) in [6, 6.07) is 9.73. The molecule has 1 saturated carbocycles. The van der Waals surface area contributed by atoms with Gasteiger partial charge in [-0.2, -0.15) is 0 Å². The largest absolute Gasteiger partial charge is 0.371 e. The Bertz CT molecular complexity index is 358. The van der Waals surface area contributed by atoms with Gasteiger partial charge < -0.3 is 10.6 Å². The van der Waals surface area contributed by atoms with Gasteiger partial charge in [0, 0.05) is 24.8 Å². The summed E-state index contributed by atoms with van der Waals surface area (Å²) in [5, 5.41) is 0. The Balaban J connectivity index is 2.14. The van der Waals surface area contributed by atoms with Crippen LogP contribution in [0.15, 0.2) is 24.3 Å². The van der Waals surface area contributed by atoms with Crippen LogP contribution in [0, 0.1) is 0 Å². The van der Waals surface area contributed by atoms with Crippen LogP contribution < -0.4 is 10.6 Å². The van der Waals surface area contributed by atoms with Crippen molar-refractivity contribution in [2.75, 3.05) is 11.9 Å². The second-order valence-corrected chi connectivity index (χ2v) is 5.20. The van der Waals surface area contributed by atoms with E-state index in [1.54, 1.807) is 0 Å². The molecule has 1 aliphatic carbocycles. The van der Waals surface area contributed by atoms with Crippen molar-refractivity contribution < 1.29 is 0 Å². The third-order valence-corrected chi connectivity index (χ3v) is 4.00. The maximum atomic E-state index is 6.08. The number of nitrogens with two attached hydrogens (primary N) is 1. The molecule has 1 fully saturated rings. The highest BCUT2D eigenvalue weighted by molar-refractivity contribution is 5.54. The molecule has 0 saturated heterocycles. The average molecular weight is 232 g/mol.